The molecule has 0 fully saturated rings. The van der Waals surface area contributed by atoms with Gasteiger partial charge in [-0.05, 0) is 36.4 Å². The predicted molar refractivity (Wildman–Crippen MR) is 72.7 cm³/mol. The Kier molecular flexibility index (Phi) is 3.30. The van der Waals surface area contributed by atoms with Crippen LogP contribution in [-0.4, -0.2) is 13.2 Å². The molecule has 94 valence electrons. The van der Waals surface area contributed by atoms with Crippen molar-refractivity contribution in [2.75, 3.05) is 13.2 Å². The molecule has 1 aliphatic rings. The zero-order valence-corrected chi connectivity index (χ0v) is 10.9. The van der Waals surface area contributed by atoms with Crippen LogP contribution in [0.25, 0.3) is 0 Å². The molecule has 1 heterocycles. The summed E-state index contributed by atoms with van der Waals surface area (Å²) in [5.74, 6) is 1.58. The summed E-state index contributed by atoms with van der Waals surface area (Å²) in [7, 11) is 0. The van der Waals surface area contributed by atoms with E-state index < -0.39 is 0 Å². The van der Waals surface area contributed by atoms with E-state index in [1.54, 1.807) is 17.8 Å². The van der Waals surface area contributed by atoms with Crippen molar-refractivity contribution in [1.82, 2.24) is 0 Å². The lowest BCUT2D eigenvalue weighted by molar-refractivity contribution is 0.171. The van der Waals surface area contributed by atoms with Crippen LogP contribution in [0.15, 0.2) is 52.3 Å². The number of fused-ring (bicyclic) bond motifs is 1. The Hall–Kier alpha value is -2.12. The fourth-order valence-electron chi connectivity index (χ4n) is 1.85. The lowest BCUT2D eigenvalue weighted by atomic mass is 10.2. The predicted octanol–water partition coefficient (Wildman–Crippen LogP) is 3.48. The minimum absolute atomic E-state index is 0.588. The molecule has 0 saturated heterocycles. The molecule has 0 unspecified atom stereocenters. The average Bonchev–Trinajstić information content (AvgIpc) is 2.47. The molecule has 0 N–H and O–H groups in total. The molecule has 19 heavy (non-hydrogen) atoms. The van der Waals surface area contributed by atoms with Crippen molar-refractivity contribution in [2.45, 2.75) is 9.79 Å². The summed E-state index contributed by atoms with van der Waals surface area (Å²) in [6, 6.07) is 15.6. The van der Waals surface area contributed by atoms with Crippen LogP contribution in [0.5, 0.6) is 11.5 Å². The van der Waals surface area contributed by atoms with Crippen LogP contribution in [0.2, 0.25) is 0 Å². The highest BCUT2D eigenvalue weighted by molar-refractivity contribution is 7.99. The van der Waals surface area contributed by atoms with Crippen LogP contribution in [0.3, 0.4) is 0 Å². The van der Waals surface area contributed by atoms with Crippen LogP contribution in [0, 0.1) is 11.3 Å². The quantitative estimate of drug-likeness (QED) is 0.837. The molecule has 2 aromatic carbocycles. The topological polar surface area (TPSA) is 42.2 Å². The van der Waals surface area contributed by atoms with Crippen molar-refractivity contribution in [1.29, 1.82) is 5.26 Å². The molecule has 2 aromatic rings. The van der Waals surface area contributed by atoms with E-state index >= 15 is 0 Å². The summed E-state index contributed by atoms with van der Waals surface area (Å²) in [4.78, 5) is 2.11. The highest BCUT2D eigenvalue weighted by atomic mass is 32.2. The number of hydrogen-bond acceptors (Lipinski definition) is 4. The van der Waals surface area contributed by atoms with E-state index in [4.69, 9.17) is 14.7 Å². The zero-order chi connectivity index (χ0) is 13.1. The molecule has 0 aromatic heterocycles. The van der Waals surface area contributed by atoms with Crippen molar-refractivity contribution in [3.05, 3.63) is 48.0 Å². The maximum Gasteiger partial charge on any atom is 0.162 e. The molecule has 3 rings (SSSR count). The first kappa shape index (κ1) is 11.9. The van der Waals surface area contributed by atoms with E-state index in [1.165, 1.54) is 0 Å². The van der Waals surface area contributed by atoms with Crippen LogP contribution < -0.4 is 9.47 Å². The molecular formula is C15H11NO2S. The van der Waals surface area contributed by atoms with Gasteiger partial charge in [0, 0.05) is 9.79 Å². The van der Waals surface area contributed by atoms with Gasteiger partial charge in [-0.3, -0.25) is 0 Å². The van der Waals surface area contributed by atoms with Crippen LogP contribution >= 0.6 is 11.8 Å². The SMILES string of the molecule is N#Cc1cccc(Sc2ccc3c(c2)OCCO3)c1. The van der Waals surface area contributed by atoms with Crippen LogP contribution in [-0.2, 0) is 0 Å². The molecule has 0 amide bonds. The molecule has 0 atom stereocenters. The van der Waals surface area contributed by atoms with Gasteiger partial charge in [0.15, 0.2) is 11.5 Å². The number of rotatable bonds is 2. The number of nitrogens with zero attached hydrogens (tertiary/aromatic N) is 1. The smallest absolute Gasteiger partial charge is 0.162 e. The highest BCUT2D eigenvalue weighted by Gasteiger charge is 2.12. The summed E-state index contributed by atoms with van der Waals surface area (Å²) >= 11 is 1.60. The molecule has 0 bridgehead atoms. The van der Waals surface area contributed by atoms with Gasteiger partial charge in [0.2, 0.25) is 0 Å². The second kappa shape index (κ2) is 5.25. The van der Waals surface area contributed by atoms with Crippen molar-refractivity contribution >= 4 is 11.8 Å². The third-order valence-corrected chi connectivity index (χ3v) is 3.69. The second-order valence-electron chi connectivity index (χ2n) is 4.05. The first-order valence-corrected chi connectivity index (χ1v) is 6.74. The lowest BCUT2D eigenvalue weighted by Gasteiger charge is -2.18. The Morgan fingerprint density at radius 3 is 2.58 bits per heavy atom. The minimum Gasteiger partial charge on any atom is -0.486 e. The summed E-state index contributed by atoms with van der Waals surface area (Å²) in [5.41, 5.74) is 0.669. The highest BCUT2D eigenvalue weighted by Crippen LogP contribution is 2.36. The Labute approximate surface area is 115 Å². The Balaban J connectivity index is 1.85. The van der Waals surface area contributed by atoms with Crippen LogP contribution in [0.4, 0.5) is 0 Å². The first-order valence-electron chi connectivity index (χ1n) is 5.93. The summed E-state index contributed by atoms with van der Waals surface area (Å²) in [6.45, 7) is 1.19. The molecule has 0 radical (unpaired) electrons. The summed E-state index contributed by atoms with van der Waals surface area (Å²) < 4.78 is 11.0. The lowest BCUT2D eigenvalue weighted by Crippen LogP contribution is -2.15. The zero-order valence-electron chi connectivity index (χ0n) is 10.1. The molecule has 3 nitrogen and oxygen atoms in total. The fraction of sp³-hybridized carbons (Fsp3) is 0.133. The van der Waals surface area contributed by atoms with E-state index in [-0.39, 0.29) is 0 Å². The van der Waals surface area contributed by atoms with Crippen molar-refractivity contribution in [3.8, 4) is 17.6 Å². The monoisotopic (exact) mass is 269 g/mol. The van der Waals surface area contributed by atoms with Crippen molar-refractivity contribution in [2.24, 2.45) is 0 Å². The van der Waals surface area contributed by atoms with Gasteiger partial charge in [-0.2, -0.15) is 5.26 Å². The van der Waals surface area contributed by atoms with Crippen molar-refractivity contribution in [3.63, 3.8) is 0 Å². The van der Waals surface area contributed by atoms with Gasteiger partial charge in [0.05, 0.1) is 11.6 Å². The van der Waals surface area contributed by atoms with Gasteiger partial charge in [-0.15, -0.1) is 0 Å². The van der Waals surface area contributed by atoms with E-state index in [0.29, 0.717) is 18.8 Å². The van der Waals surface area contributed by atoms with Crippen molar-refractivity contribution < 1.29 is 9.47 Å². The molecule has 1 aliphatic heterocycles. The molecular weight excluding hydrogens is 258 g/mol. The fourth-order valence-corrected chi connectivity index (χ4v) is 2.76. The molecule has 0 spiro atoms. The van der Waals surface area contributed by atoms with E-state index in [9.17, 15) is 0 Å². The van der Waals surface area contributed by atoms with E-state index in [2.05, 4.69) is 6.07 Å². The van der Waals surface area contributed by atoms with E-state index in [1.807, 2.05) is 36.4 Å². The maximum absolute atomic E-state index is 8.89. The molecule has 4 heteroatoms. The minimum atomic E-state index is 0.588. The van der Waals surface area contributed by atoms with Gasteiger partial charge < -0.3 is 9.47 Å². The number of ether oxygens (including phenoxy) is 2. The standard InChI is InChI=1S/C15H11NO2S/c16-10-11-2-1-3-12(8-11)19-13-4-5-14-15(9-13)18-7-6-17-14/h1-5,8-9H,6-7H2. The van der Waals surface area contributed by atoms with Gasteiger partial charge >= 0.3 is 0 Å². The maximum atomic E-state index is 8.89. The number of benzene rings is 2. The van der Waals surface area contributed by atoms with Gasteiger partial charge in [0.1, 0.15) is 13.2 Å². The number of hydrogen-bond donors (Lipinski definition) is 0. The summed E-state index contributed by atoms with van der Waals surface area (Å²) in [5, 5.41) is 8.89. The van der Waals surface area contributed by atoms with E-state index in [0.717, 1.165) is 21.3 Å². The third-order valence-electron chi connectivity index (χ3n) is 2.71. The Morgan fingerprint density at radius 2 is 1.74 bits per heavy atom. The average molecular weight is 269 g/mol. The van der Waals surface area contributed by atoms with Gasteiger partial charge in [-0.1, -0.05) is 17.8 Å². The Bertz CT molecular complexity index is 649. The second-order valence-corrected chi connectivity index (χ2v) is 5.19. The van der Waals surface area contributed by atoms with Crippen LogP contribution in [0.1, 0.15) is 5.56 Å². The summed E-state index contributed by atoms with van der Waals surface area (Å²) in [6.07, 6.45) is 0. The number of nitriles is 1. The molecule has 0 saturated carbocycles. The van der Waals surface area contributed by atoms with Gasteiger partial charge in [-0.25, -0.2) is 0 Å². The van der Waals surface area contributed by atoms with Gasteiger partial charge in [0.25, 0.3) is 0 Å². The first-order chi connectivity index (χ1) is 9.35. The normalized spacial score (nSPS) is 12.8. The largest absolute Gasteiger partial charge is 0.486 e. The molecule has 0 aliphatic carbocycles. The Morgan fingerprint density at radius 1 is 0.947 bits per heavy atom. The third kappa shape index (κ3) is 2.67.